The van der Waals surface area contributed by atoms with E-state index in [-0.39, 0.29) is 5.69 Å². The van der Waals surface area contributed by atoms with Crippen molar-refractivity contribution in [3.05, 3.63) is 53.6 Å². The van der Waals surface area contributed by atoms with Crippen LogP contribution in [-0.2, 0) is 0 Å². The van der Waals surface area contributed by atoms with Gasteiger partial charge in [0.25, 0.3) is 5.91 Å². The predicted octanol–water partition coefficient (Wildman–Crippen LogP) is 2.79. The van der Waals surface area contributed by atoms with Crippen LogP contribution in [0.4, 0.5) is 24.5 Å². The Hall–Kier alpha value is -2.57. The van der Waals surface area contributed by atoms with E-state index in [4.69, 9.17) is 0 Å². The first kappa shape index (κ1) is 13.9. The zero-order valence-corrected chi connectivity index (χ0v) is 10.4. The predicted molar refractivity (Wildman–Crippen MR) is 68.1 cm³/mol. The van der Waals surface area contributed by atoms with Crippen molar-refractivity contribution in [2.24, 2.45) is 0 Å². The third kappa shape index (κ3) is 2.71. The van der Waals surface area contributed by atoms with E-state index in [1.54, 1.807) is 13.1 Å². The Morgan fingerprint density at radius 2 is 1.85 bits per heavy atom. The van der Waals surface area contributed by atoms with Gasteiger partial charge in [-0.2, -0.15) is 0 Å². The number of aromatic nitrogens is 1. The van der Waals surface area contributed by atoms with Gasteiger partial charge in [-0.1, -0.05) is 0 Å². The van der Waals surface area contributed by atoms with E-state index in [1.165, 1.54) is 12.3 Å². The second kappa shape index (κ2) is 5.60. The molecule has 0 radical (unpaired) electrons. The minimum Gasteiger partial charge on any atom is -0.387 e. The van der Waals surface area contributed by atoms with E-state index in [9.17, 15) is 18.0 Å². The van der Waals surface area contributed by atoms with Crippen molar-refractivity contribution >= 4 is 17.3 Å². The Morgan fingerprint density at radius 3 is 2.45 bits per heavy atom. The molecule has 0 unspecified atom stereocenters. The summed E-state index contributed by atoms with van der Waals surface area (Å²) in [5.41, 5.74) is 0.266. The molecule has 1 heterocycles. The zero-order chi connectivity index (χ0) is 14.7. The van der Waals surface area contributed by atoms with Gasteiger partial charge in [0.05, 0.1) is 17.6 Å². The van der Waals surface area contributed by atoms with Gasteiger partial charge in [0, 0.05) is 7.05 Å². The minimum atomic E-state index is -1.64. The number of carbonyl (C=O) groups excluding carboxylic acids is 1. The number of nitrogens with zero attached hydrogens (tertiary/aromatic N) is 1. The lowest BCUT2D eigenvalue weighted by Gasteiger charge is -2.07. The van der Waals surface area contributed by atoms with Crippen molar-refractivity contribution in [1.82, 2.24) is 4.98 Å². The van der Waals surface area contributed by atoms with Crippen molar-refractivity contribution in [1.29, 1.82) is 0 Å². The van der Waals surface area contributed by atoms with Crippen molar-refractivity contribution in [2.75, 3.05) is 17.7 Å². The van der Waals surface area contributed by atoms with Crippen LogP contribution in [0.5, 0.6) is 0 Å². The number of pyridine rings is 1. The molecule has 0 saturated carbocycles. The van der Waals surface area contributed by atoms with E-state index in [0.29, 0.717) is 5.69 Å². The molecule has 0 atom stereocenters. The molecular formula is C13H10F3N3O. The molecule has 0 saturated heterocycles. The minimum absolute atomic E-state index is 0.0214. The number of anilines is 2. The van der Waals surface area contributed by atoms with Gasteiger partial charge in [0.1, 0.15) is 5.69 Å². The van der Waals surface area contributed by atoms with Crippen LogP contribution in [-0.4, -0.2) is 17.9 Å². The molecule has 0 aliphatic rings. The van der Waals surface area contributed by atoms with Gasteiger partial charge in [-0.3, -0.25) is 4.79 Å². The molecule has 2 aromatic rings. The van der Waals surface area contributed by atoms with Crippen molar-refractivity contribution < 1.29 is 18.0 Å². The van der Waals surface area contributed by atoms with E-state index < -0.39 is 29.0 Å². The standard InChI is InChI=1S/C13H10F3N3O/c1-17-7-2-4-10(18-6-7)13(20)19-9-5-3-8(14)11(15)12(9)16/h2-6,17H,1H3,(H,19,20). The summed E-state index contributed by atoms with van der Waals surface area (Å²) in [5, 5.41) is 4.95. The summed E-state index contributed by atoms with van der Waals surface area (Å²) < 4.78 is 39.2. The second-order valence-corrected chi connectivity index (χ2v) is 3.86. The van der Waals surface area contributed by atoms with Gasteiger partial charge < -0.3 is 10.6 Å². The van der Waals surface area contributed by atoms with Gasteiger partial charge in [0.15, 0.2) is 17.5 Å². The number of benzene rings is 1. The Bertz CT molecular complexity index is 644. The Morgan fingerprint density at radius 1 is 1.10 bits per heavy atom. The first-order valence-electron chi connectivity index (χ1n) is 5.61. The Balaban J connectivity index is 2.21. The van der Waals surface area contributed by atoms with Gasteiger partial charge >= 0.3 is 0 Å². The molecule has 0 aliphatic heterocycles. The molecule has 0 spiro atoms. The molecular weight excluding hydrogens is 271 g/mol. The summed E-state index contributed by atoms with van der Waals surface area (Å²) in [6, 6.07) is 4.68. The van der Waals surface area contributed by atoms with Gasteiger partial charge in [0.2, 0.25) is 0 Å². The largest absolute Gasteiger partial charge is 0.387 e. The molecule has 2 N–H and O–H groups in total. The SMILES string of the molecule is CNc1ccc(C(=O)Nc2ccc(F)c(F)c2F)nc1. The number of hydrogen-bond donors (Lipinski definition) is 2. The summed E-state index contributed by atoms with van der Waals surface area (Å²) in [5.74, 6) is -5.14. The molecule has 7 heteroatoms. The number of amides is 1. The van der Waals surface area contributed by atoms with Crippen molar-refractivity contribution in [3.63, 3.8) is 0 Å². The van der Waals surface area contributed by atoms with Crippen LogP contribution in [0, 0.1) is 17.5 Å². The van der Waals surface area contributed by atoms with Crippen LogP contribution in [0.2, 0.25) is 0 Å². The van der Waals surface area contributed by atoms with Crippen LogP contribution < -0.4 is 10.6 Å². The van der Waals surface area contributed by atoms with E-state index in [1.807, 2.05) is 0 Å². The molecule has 2 rings (SSSR count). The van der Waals surface area contributed by atoms with E-state index in [2.05, 4.69) is 15.6 Å². The fourth-order valence-electron chi connectivity index (χ4n) is 1.48. The van der Waals surface area contributed by atoms with Crippen LogP contribution >= 0.6 is 0 Å². The highest BCUT2D eigenvalue weighted by molar-refractivity contribution is 6.03. The molecule has 0 fully saturated rings. The lowest BCUT2D eigenvalue weighted by Crippen LogP contribution is -2.15. The molecule has 1 aromatic heterocycles. The highest BCUT2D eigenvalue weighted by atomic mass is 19.2. The molecule has 0 bridgehead atoms. The van der Waals surface area contributed by atoms with Crippen LogP contribution in [0.1, 0.15) is 10.5 Å². The van der Waals surface area contributed by atoms with Crippen molar-refractivity contribution in [2.45, 2.75) is 0 Å². The Kier molecular flexibility index (Phi) is 3.88. The molecule has 20 heavy (non-hydrogen) atoms. The molecule has 0 aliphatic carbocycles. The monoisotopic (exact) mass is 281 g/mol. The maximum Gasteiger partial charge on any atom is 0.274 e. The summed E-state index contributed by atoms with van der Waals surface area (Å²) in [6.07, 6.45) is 1.41. The fourth-order valence-corrected chi connectivity index (χ4v) is 1.48. The van der Waals surface area contributed by atoms with E-state index >= 15 is 0 Å². The zero-order valence-electron chi connectivity index (χ0n) is 10.4. The maximum absolute atomic E-state index is 13.4. The normalized spacial score (nSPS) is 10.2. The average molecular weight is 281 g/mol. The Labute approximate surface area is 112 Å². The topological polar surface area (TPSA) is 54.0 Å². The van der Waals surface area contributed by atoms with Gasteiger partial charge in [-0.05, 0) is 24.3 Å². The summed E-state index contributed by atoms with van der Waals surface area (Å²) in [7, 11) is 1.69. The lowest BCUT2D eigenvalue weighted by molar-refractivity contribution is 0.102. The first-order chi connectivity index (χ1) is 9.52. The molecule has 1 amide bonds. The number of carbonyl (C=O) groups is 1. The first-order valence-corrected chi connectivity index (χ1v) is 5.61. The summed E-state index contributed by atoms with van der Waals surface area (Å²) in [4.78, 5) is 15.6. The number of hydrogen-bond acceptors (Lipinski definition) is 3. The van der Waals surface area contributed by atoms with Crippen LogP contribution in [0.25, 0.3) is 0 Å². The number of halogens is 3. The lowest BCUT2D eigenvalue weighted by atomic mass is 10.2. The van der Waals surface area contributed by atoms with Crippen LogP contribution in [0.15, 0.2) is 30.5 Å². The fraction of sp³-hybridized carbons (Fsp3) is 0.0769. The van der Waals surface area contributed by atoms with Gasteiger partial charge in [-0.25, -0.2) is 18.2 Å². The number of nitrogens with one attached hydrogen (secondary N) is 2. The van der Waals surface area contributed by atoms with Gasteiger partial charge in [-0.15, -0.1) is 0 Å². The maximum atomic E-state index is 13.4. The van der Waals surface area contributed by atoms with E-state index in [0.717, 1.165) is 12.1 Å². The van der Waals surface area contributed by atoms with Crippen LogP contribution in [0.3, 0.4) is 0 Å². The quantitative estimate of drug-likeness (QED) is 0.851. The van der Waals surface area contributed by atoms with Crippen molar-refractivity contribution in [3.8, 4) is 0 Å². The second-order valence-electron chi connectivity index (χ2n) is 3.86. The molecule has 104 valence electrons. The number of rotatable bonds is 3. The summed E-state index contributed by atoms with van der Waals surface area (Å²) in [6.45, 7) is 0. The third-order valence-electron chi connectivity index (χ3n) is 2.57. The molecule has 4 nitrogen and oxygen atoms in total. The third-order valence-corrected chi connectivity index (χ3v) is 2.57. The molecule has 1 aromatic carbocycles. The highest BCUT2D eigenvalue weighted by Crippen LogP contribution is 2.20. The summed E-state index contributed by atoms with van der Waals surface area (Å²) >= 11 is 0. The average Bonchev–Trinajstić information content (AvgIpc) is 2.48. The highest BCUT2D eigenvalue weighted by Gasteiger charge is 2.16. The smallest absolute Gasteiger partial charge is 0.274 e.